The predicted molar refractivity (Wildman–Crippen MR) is 144 cm³/mol. The van der Waals surface area contributed by atoms with Crippen LogP contribution in [0.5, 0.6) is 11.5 Å². The molecule has 39 heavy (non-hydrogen) atoms. The summed E-state index contributed by atoms with van der Waals surface area (Å²) < 4.78 is 25.4. The number of nitro benzene ring substituents is 1. The second-order valence-electron chi connectivity index (χ2n) is 8.84. The van der Waals surface area contributed by atoms with Gasteiger partial charge in [-0.2, -0.15) is 0 Å². The Morgan fingerprint density at radius 2 is 1.79 bits per heavy atom. The second kappa shape index (κ2) is 14.5. The van der Waals surface area contributed by atoms with Crippen molar-refractivity contribution in [1.29, 1.82) is 0 Å². The van der Waals surface area contributed by atoms with Crippen molar-refractivity contribution in [3.05, 3.63) is 99.9 Å². The topological polar surface area (TPSA) is 111 Å². The van der Waals surface area contributed by atoms with E-state index in [1.54, 1.807) is 18.2 Å². The summed E-state index contributed by atoms with van der Waals surface area (Å²) in [6.45, 7) is 1.81. The molecule has 0 radical (unpaired) electrons. The summed E-state index contributed by atoms with van der Waals surface area (Å²) in [4.78, 5) is 38.9. The monoisotopic (exact) mass is 537 g/mol. The van der Waals surface area contributed by atoms with Crippen molar-refractivity contribution in [2.24, 2.45) is 0 Å². The number of nitrogens with zero attached hydrogens (tertiary/aromatic N) is 2. The van der Waals surface area contributed by atoms with Crippen molar-refractivity contribution in [2.75, 3.05) is 20.3 Å². The first-order valence-corrected chi connectivity index (χ1v) is 12.6. The molecule has 2 amide bonds. The lowest BCUT2D eigenvalue weighted by atomic mass is 10.0. The van der Waals surface area contributed by atoms with Gasteiger partial charge in [0.25, 0.3) is 5.91 Å². The molecule has 0 heterocycles. The fraction of sp³-hybridized carbons (Fsp3) is 0.310. The molecular weight excluding hydrogens is 505 g/mol. The van der Waals surface area contributed by atoms with Gasteiger partial charge in [-0.3, -0.25) is 19.7 Å². The van der Waals surface area contributed by atoms with Gasteiger partial charge in [0, 0.05) is 37.2 Å². The largest absolute Gasteiger partial charge is 0.490 e. The van der Waals surface area contributed by atoms with Gasteiger partial charge in [0.15, 0.2) is 6.61 Å². The summed E-state index contributed by atoms with van der Waals surface area (Å²) in [5.74, 6) is -1.26. The molecule has 0 aliphatic heterocycles. The molecule has 0 saturated heterocycles. The Bertz CT molecular complexity index is 1270. The summed E-state index contributed by atoms with van der Waals surface area (Å²) in [6.07, 6.45) is 1.87. The van der Waals surface area contributed by atoms with E-state index in [1.165, 1.54) is 36.3 Å². The number of hydrogen-bond donors (Lipinski definition) is 1. The van der Waals surface area contributed by atoms with Gasteiger partial charge in [-0.05, 0) is 24.1 Å². The van der Waals surface area contributed by atoms with E-state index in [-0.39, 0.29) is 41.6 Å². The zero-order valence-electron chi connectivity index (χ0n) is 22.0. The molecule has 9 nitrogen and oxygen atoms in total. The molecule has 0 aromatic heterocycles. The standard InChI is InChI=1S/C29H32FN3O6/c1-3-4-16-31-29(35)26(17-21-10-6-5-7-11-21)32(19-22-12-8-9-13-24(22)30)28(34)20-39-23-14-15-25(33(36)37)27(18-23)38-2/h5-15,18,26H,3-4,16-17,19-20H2,1-2H3,(H,31,35). The third kappa shape index (κ3) is 8.26. The van der Waals surface area contributed by atoms with Crippen LogP contribution in [0, 0.1) is 15.9 Å². The van der Waals surface area contributed by atoms with Crippen LogP contribution in [0.3, 0.4) is 0 Å². The van der Waals surface area contributed by atoms with E-state index in [1.807, 2.05) is 37.3 Å². The average Bonchev–Trinajstić information content (AvgIpc) is 2.94. The van der Waals surface area contributed by atoms with Crippen molar-refractivity contribution in [3.63, 3.8) is 0 Å². The van der Waals surface area contributed by atoms with Crippen LogP contribution < -0.4 is 14.8 Å². The Morgan fingerprint density at radius 3 is 2.46 bits per heavy atom. The van der Waals surface area contributed by atoms with E-state index >= 15 is 0 Å². The number of nitrogens with one attached hydrogen (secondary N) is 1. The minimum atomic E-state index is -0.939. The zero-order chi connectivity index (χ0) is 28.2. The molecule has 0 bridgehead atoms. The number of carbonyl (C=O) groups excluding carboxylic acids is 2. The summed E-state index contributed by atoms with van der Waals surface area (Å²) in [7, 11) is 1.29. The summed E-state index contributed by atoms with van der Waals surface area (Å²) in [5.41, 5.74) is 0.840. The summed E-state index contributed by atoms with van der Waals surface area (Å²) in [5, 5.41) is 14.1. The highest BCUT2D eigenvalue weighted by Gasteiger charge is 2.31. The van der Waals surface area contributed by atoms with Crippen molar-refractivity contribution in [2.45, 2.75) is 38.8 Å². The molecule has 1 unspecified atom stereocenters. The van der Waals surface area contributed by atoms with Crippen molar-refractivity contribution in [1.82, 2.24) is 10.2 Å². The number of benzene rings is 3. The Morgan fingerprint density at radius 1 is 1.08 bits per heavy atom. The second-order valence-corrected chi connectivity index (χ2v) is 8.84. The van der Waals surface area contributed by atoms with E-state index in [0.29, 0.717) is 6.54 Å². The number of rotatable bonds is 14. The maximum absolute atomic E-state index is 14.7. The number of halogens is 1. The Hall–Kier alpha value is -4.47. The number of hydrogen-bond acceptors (Lipinski definition) is 6. The fourth-order valence-electron chi connectivity index (χ4n) is 4.00. The van der Waals surface area contributed by atoms with Gasteiger partial charge in [0.1, 0.15) is 17.6 Å². The SMILES string of the molecule is CCCCNC(=O)C(Cc1ccccc1)N(Cc1ccccc1F)C(=O)COc1ccc([N+](=O)[O-])c(OC)c1. The van der Waals surface area contributed by atoms with Crippen LogP contribution in [0.1, 0.15) is 30.9 Å². The number of carbonyl (C=O) groups is 2. The highest BCUT2D eigenvalue weighted by atomic mass is 19.1. The highest BCUT2D eigenvalue weighted by molar-refractivity contribution is 5.88. The Labute approximate surface area is 226 Å². The average molecular weight is 538 g/mol. The first kappa shape index (κ1) is 29.1. The number of ether oxygens (including phenoxy) is 2. The smallest absolute Gasteiger partial charge is 0.311 e. The van der Waals surface area contributed by atoms with Gasteiger partial charge in [-0.25, -0.2) is 4.39 Å². The first-order chi connectivity index (χ1) is 18.8. The lowest BCUT2D eigenvalue weighted by Crippen LogP contribution is -2.52. The third-order valence-corrected chi connectivity index (χ3v) is 6.11. The van der Waals surface area contributed by atoms with Crippen LogP contribution in [0.15, 0.2) is 72.8 Å². The predicted octanol–water partition coefficient (Wildman–Crippen LogP) is 4.68. The van der Waals surface area contributed by atoms with Crippen molar-refractivity contribution < 1.29 is 28.4 Å². The summed E-state index contributed by atoms with van der Waals surface area (Å²) >= 11 is 0. The van der Waals surface area contributed by atoms with E-state index in [0.717, 1.165) is 18.4 Å². The van der Waals surface area contributed by atoms with Crippen LogP contribution >= 0.6 is 0 Å². The van der Waals surface area contributed by atoms with Gasteiger partial charge >= 0.3 is 5.69 Å². The third-order valence-electron chi connectivity index (χ3n) is 6.11. The Kier molecular flexibility index (Phi) is 10.8. The molecule has 1 atom stereocenters. The molecule has 0 fully saturated rings. The van der Waals surface area contributed by atoms with Crippen molar-refractivity contribution >= 4 is 17.5 Å². The maximum Gasteiger partial charge on any atom is 0.311 e. The van der Waals surface area contributed by atoms with Crippen molar-refractivity contribution in [3.8, 4) is 11.5 Å². The Balaban J connectivity index is 1.91. The fourth-order valence-corrected chi connectivity index (χ4v) is 4.00. The van der Waals surface area contributed by atoms with E-state index in [9.17, 15) is 24.1 Å². The minimum Gasteiger partial charge on any atom is -0.490 e. The van der Waals surface area contributed by atoms with Crippen LogP contribution in [-0.4, -0.2) is 47.9 Å². The van der Waals surface area contributed by atoms with Crippen LogP contribution in [0.25, 0.3) is 0 Å². The highest BCUT2D eigenvalue weighted by Crippen LogP contribution is 2.31. The van der Waals surface area contributed by atoms with E-state index in [4.69, 9.17) is 9.47 Å². The van der Waals surface area contributed by atoms with Crippen LogP contribution in [-0.2, 0) is 22.6 Å². The minimum absolute atomic E-state index is 0.0228. The van der Waals surface area contributed by atoms with E-state index in [2.05, 4.69) is 5.32 Å². The van der Waals surface area contributed by atoms with Gasteiger partial charge in [-0.15, -0.1) is 0 Å². The van der Waals surface area contributed by atoms with Gasteiger partial charge in [0.2, 0.25) is 11.7 Å². The van der Waals surface area contributed by atoms with Gasteiger partial charge in [0.05, 0.1) is 12.0 Å². The first-order valence-electron chi connectivity index (χ1n) is 12.6. The molecule has 206 valence electrons. The quantitative estimate of drug-likeness (QED) is 0.182. The molecule has 1 N–H and O–H groups in total. The molecular formula is C29H32FN3O6. The number of amides is 2. The van der Waals surface area contributed by atoms with Gasteiger partial charge < -0.3 is 19.7 Å². The molecule has 0 saturated carbocycles. The van der Waals surface area contributed by atoms with Gasteiger partial charge in [-0.1, -0.05) is 61.9 Å². The lowest BCUT2D eigenvalue weighted by Gasteiger charge is -2.31. The maximum atomic E-state index is 14.7. The molecule has 0 spiro atoms. The molecule has 0 aliphatic rings. The lowest BCUT2D eigenvalue weighted by molar-refractivity contribution is -0.385. The van der Waals surface area contributed by atoms with E-state index < -0.39 is 29.3 Å². The zero-order valence-corrected chi connectivity index (χ0v) is 22.0. The number of nitro groups is 1. The molecule has 3 aromatic rings. The molecule has 3 rings (SSSR count). The van der Waals surface area contributed by atoms with Crippen LogP contribution in [0.2, 0.25) is 0 Å². The van der Waals surface area contributed by atoms with Crippen LogP contribution in [0.4, 0.5) is 10.1 Å². The number of unbranched alkanes of at least 4 members (excludes halogenated alkanes) is 1. The molecule has 3 aromatic carbocycles. The number of methoxy groups -OCH3 is 1. The normalized spacial score (nSPS) is 11.4. The summed E-state index contributed by atoms with van der Waals surface area (Å²) in [6, 6.07) is 18.3. The molecule has 0 aliphatic carbocycles. The molecule has 10 heteroatoms.